The Morgan fingerprint density at radius 3 is 1.47 bits per heavy atom. The molecule has 166 valence electrons. The molecule has 32 heavy (non-hydrogen) atoms. The molecule has 0 N–H and O–H groups in total. The van der Waals surface area contributed by atoms with Gasteiger partial charge < -0.3 is 0 Å². The van der Waals surface area contributed by atoms with Crippen LogP contribution in [0.4, 0.5) is 11.4 Å². The van der Waals surface area contributed by atoms with Gasteiger partial charge in [-0.2, -0.15) is 0 Å². The fourth-order valence-corrected chi connectivity index (χ4v) is 3.77. The molecule has 3 aromatic rings. The summed E-state index contributed by atoms with van der Waals surface area (Å²) in [5.74, 6) is 0.801. The highest BCUT2D eigenvalue weighted by Crippen LogP contribution is 2.31. The number of rotatable bonds is 6. The third-order valence-electron chi connectivity index (χ3n) is 5.72. The molecule has 0 fully saturated rings. The van der Waals surface area contributed by atoms with Crippen LogP contribution in [0.1, 0.15) is 87.0 Å². The third kappa shape index (κ3) is 5.18. The van der Waals surface area contributed by atoms with Gasteiger partial charge in [0, 0.05) is 0 Å². The van der Waals surface area contributed by atoms with Crippen molar-refractivity contribution in [2.75, 3.05) is 0 Å². The molecule has 0 atom stereocenters. The molecule has 1 heterocycles. The fraction of sp³-hybridized carbons (Fsp3) is 0.357. The SMILES string of the molecule is CC(=Nc1c(C)cccc1C(C)C)c1cncc(C(C)=Nc2c(C)cccc2C(C)C)n1. The van der Waals surface area contributed by atoms with E-state index in [2.05, 4.69) is 82.9 Å². The summed E-state index contributed by atoms with van der Waals surface area (Å²) in [5.41, 5.74) is 10.1. The quantitative estimate of drug-likeness (QED) is 0.381. The molecule has 4 heteroatoms. The average Bonchev–Trinajstić information content (AvgIpc) is 2.76. The molecule has 0 saturated heterocycles. The van der Waals surface area contributed by atoms with Crippen LogP contribution in [-0.4, -0.2) is 21.4 Å². The summed E-state index contributed by atoms with van der Waals surface area (Å²) < 4.78 is 0. The third-order valence-corrected chi connectivity index (χ3v) is 5.72. The van der Waals surface area contributed by atoms with Gasteiger partial charge in [0.15, 0.2) is 0 Å². The van der Waals surface area contributed by atoms with Crippen LogP contribution in [0.15, 0.2) is 58.8 Å². The number of aromatic nitrogens is 2. The predicted octanol–water partition coefficient (Wildman–Crippen LogP) is 7.62. The Labute approximate surface area is 192 Å². The number of aliphatic imine (C=N–C) groups is 2. The van der Waals surface area contributed by atoms with Gasteiger partial charge in [-0.1, -0.05) is 64.1 Å². The maximum atomic E-state index is 4.96. The Hall–Kier alpha value is -3.14. The molecule has 0 spiro atoms. The minimum absolute atomic E-state index is 0.400. The second kappa shape index (κ2) is 9.99. The highest BCUT2D eigenvalue weighted by Gasteiger charge is 2.12. The van der Waals surface area contributed by atoms with E-state index in [1.54, 1.807) is 12.4 Å². The van der Waals surface area contributed by atoms with Crippen molar-refractivity contribution in [2.24, 2.45) is 9.98 Å². The van der Waals surface area contributed by atoms with Crippen molar-refractivity contribution in [3.8, 4) is 0 Å². The molecule has 0 aliphatic heterocycles. The Balaban J connectivity index is 2.02. The van der Waals surface area contributed by atoms with Crippen LogP contribution < -0.4 is 0 Å². The minimum atomic E-state index is 0.400. The number of benzene rings is 2. The highest BCUT2D eigenvalue weighted by atomic mass is 14.9. The summed E-state index contributed by atoms with van der Waals surface area (Å²) in [5, 5.41) is 0. The van der Waals surface area contributed by atoms with Gasteiger partial charge >= 0.3 is 0 Å². The molecule has 0 aliphatic carbocycles. The van der Waals surface area contributed by atoms with Gasteiger partial charge in [0.1, 0.15) is 11.4 Å². The van der Waals surface area contributed by atoms with Gasteiger partial charge in [-0.25, -0.2) is 4.98 Å². The fourth-order valence-electron chi connectivity index (χ4n) is 3.77. The summed E-state index contributed by atoms with van der Waals surface area (Å²) in [7, 11) is 0. The largest absolute Gasteiger partial charge is 0.260 e. The topological polar surface area (TPSA) is 50.5 Å². The van der Waals surface area contributed by atoms with Crippen molar-refractivity contribution in [1.82, 2.24) is 9.97 Å². The predicted molar refractivity (Wildman–Crippen MR) is 136 cm³/mol. The lowest BCUT2D eigenvalue weighted by molar-refractivity contribution is 0.865. The number of nitrogens with zero attached hydrogens (tertiary/aromatic N) is 4. The normalized spacial score (nSPS) is 12.7. The first-order valence-corrected chi connectivity index (χ1v) is 11.3. The number of aryl methyl sites for hydroxylation is 2. The van der Waals surface area contributed by atoms with Gasteiger partial charge in [0.05, 0.1) is 35.2 Å². The summed E-state index contributed by atoms with van der Waals surface area (Å²) in [6.45, 7) is 17.0. The van der Waals surface area contributed by atoms with Crippen LogP contribution >= 0.6 is 0 Å². The van der Waals surface area contributed by atoms with Gasteiger partial charge in [0.2, 0.25) is 0 Å². The lowest BCUT2D eigenvalue weighted by Crippen LogP contribution is -2.07. The second-order valence-electron chi connectivity index (χ2n) is 9.02. The standard InChI is InChI=1S/C28H34N4/c1-17(2)23-13-9-11-19(5)27(23)30-21(7)25-15-29-16-26(32-25)22(8)31-28-20(6)12-10-14-24(28)18(3)4/h9-18H,1-8H3. The van der Waals surface area contributed by atoms with E-state index in [0.717, 1.165) is 45.3 Å². The first-order chi connectivity index (χ1) is 15.2. The molecule has 0 aliphatic rings. The minimum Gasteiger partial charge on any atom is -0.260 e. The van der Waals surface area contributed by atoms with Crippen molar-refractivity contribution in [3.63, 3.8) is 0 Å². The van der Waals surface area contributed by atoms with Crippen LogP contribution in [0.2, 0.25) is 0 Å². The smallest absolute Gasteiger partial charge is 0.103 e. The summed E-state index contributed by atoms with van der Waals surface area (Å²) >= 11 is 0. The van der Waals surface area contributed by atoms with Crippen LogP contribution in [0, 0.1) is 13.8 Å². The van der Waals surface area contributed by atoms with E-state index >= 15 is 0 Å². The molecule has 1 aromatic heterocycles. The van der Waals surface area contributed by atoms with Gasteiger partial charge in [-0.3, -0.25) is 15.0 Å². The molecule has 0 saturated carbocycles. The van der Waals surface area contributed by atoms with Gasteiger partial charge in [-0.05, 0) is 61.8 Å². The molecule has 3 rings (SSSR count). The monoisotopic (exact) mass is 426 g/mol. The Morgan fingerprint density at radius 1 is 0.688 bits per heavy atom. The van der Waals surface area contributed by atoms with Crippen LogP contribution in [0.25, 0.3) is 0 Å². The maximum Gasteiger partial charge on any atom is 0.103 e. The van der Waals surface area contributed by atoms with Gasteiger partial charge in [-0.15, -0.1) is 0 Å². The van der Waals surface area contributed by atoms with Crippen molar-refractivity contribution in [3.05, 3.63) is 82.4 Å². The molecule has 0 bridgehead atoms. The maximum absolute atomic E-state index is 4.96. The van der Waals surface area contributed by atoms with Crippen LogP contribution in [0.5, 0.6) is 0 Å². The lowest BCUT2D eigenvalue weighted by Gasteiger charge is -2.13. The van der Waals surface area contributed by atoms with E-state index in [0.29, 0.717) is 11.8 Å². The Morgan fingerprint density at radius 2 is 1.09 bits per heavy atom. The Kier molecular flexibility index (Phi) is 7.34. The zero-order valence-corrected chi connectivity index (χ0v) is 20.6. The van der Waals surface area contributed by atoms with E-state index in [-0.39, 0.29) is 0 Å². The lowest BCUT2D eigenvalue weighted by atomic mass is 9.98. The van der Waals surface area contributed by atoms with Crippen molar-refractivity contribution in [2.45, 2.75) is 67.2 Å². The van der Waals surface area contributed by atoms with Crippen LogP contribution in [-0.2, 0) is 0 Å². The van der Waals surface area contributed by atoms with E-state index in [1.807, 2.05) is 13.8 Å². The molecular weight excluding hydrogens is 392 g/mol. The highest BCUT2D eigenvalue weighted by molar-refractivity contribution is 6.02. The number of hydrogen-bond donors (Lipinski definition) is 0. The second-order valence-corrected chi connectivity index (χ2v) is 9.02. The van der Waals surface area contributed by atoms with Crippen molar-refractivity contribution >= 4 is 22.8 Å². The summed E-state index contributed by atoms with van der Waals surface area (Å²) in [6.07, 6.45) is 3.55. The molecule has 2 aromatic carbocycles. The molecule has 4 nitrogen and oxygen atoms in total. The number of hydrogen-bond acceptors (Lipinski definition) is 4. The number of para-hydroxylation sites is 2. The average molecular weight is 427 g/mol. The van der Waals surface area contributed by atoms with E-state index < -0.39 is 0 Å². The summed E-state index contributed by atoms with van der Waals surface area (Å²) in [6, 6.07) is 12.7. The van der Waals surface area contributed by atoms with E-state index in [1.165, 1.54) is 11.1 Å². The van der Waals surface area contributed by atoms with Crippen molar-refractivity contribution in [1.29, 1.82) is 0 Å². The zero-order chi connectivity index (χ0) is 23.4. The van der Waals surface area contributed by atoms with E-state index in [9.17, 15) is 0 Å². The zero-order valence-electron chi connectivity index (χ0n) is 20.6. The molecule has 0 radical (unpaired) electrons. The molecular formula is C28H34N4. The molecule has 0 amide bonds. The van der Waals surface area contributed by atoms with Gasteiger partial charge in [0.25, 0.3) is 0 Å². The first-order valence-electron chi connectivity index (χ1n) is 11.3. The van der Waals surface area contributed by atoms with Crippen molar-refractivity contribution < 1.29 is 0 Å². The molecule has 0 unspecified atom stereocenters. The van der Waals surface area contributed by atoms with E-state index in [4.69, 9.17) is 15.0 Å². The first kappa shape index (κ1) is 23.5. The summed E-state index contributed by atoms with van der Waals surface area (Å²) in [4.78, 5) is 19.2. The Bertz CT molecular complexity index is 1080. The van der Waals surface area contributed by atoms with Crippen LogP contribution in [0.3, 0.4) is 0 Å².